The van der Waals surface area contributed by atoms with E-state index in [1.807, 2.05) is 35.4 Å². The van der Waals surface area contributed by atoms with E-state index in [1.54, 1.807) is 18.7 Å². The Morgan fingerprint density at radius 3 is 2.37 bits per heavy atom. The third kappa shape index (κ3) is 2.78. The van der Waals surface area contributed by atoms with Crippen molar-refractivity contribution in [3.63, 3.8) is 0 Å². The molecule has 0 amide bonds. The summed E-state index contributed by atoms with van der Waals surface area (Å²) in [7, 11) is 0. The van der Waals surface area contributed by atoms with Gasteiger partial charge in [-0.05, 0) is 30.9 Å². The van der Waals surface area contributed by atoms with Crippen LogP contribution in [-0.2, 0) is 15.1 Å². The summed E-state index contributed by atoms with van der Waals surface area (Å²) < 4.78 is 5.31. The third-order valence-electron chi connectivity index (χ3n) is 3.71. The first-order chi connectivity index (χ1) is 9.09. The normalized spacial score (nSPS) is 19.9. The number of benzene rings is 1. The zero-order valence-electron chi connectivity index (χ0n) is 11.3. The molecule has 1 aliphatic heterocycles. The maximum Gasteiger partial charge on any atom is 0.328 e. The Kier molecular flexibility index (Phi) is 4.50. The molecular weight excluding hydrogens is 262 g/mol. The van der Waals surface area contributed by atoms with Crippen molar-refractivity contribution in [1.82, 2.24) is 4.90 Å². The van der Waals surface area contributed by atoms with Crippen molar-refractivity contribution in [2.24, 2.45) is 0 Å². The first-order valence-electron chi connectivity index (χ1n) is 6.29. The minimum atomic E-state index is -0.985. The average Bonchev–Trinajstić information content (AvgIpc) is 2.47. The first-order valence-corrected chi connectivity index (χ1v) is 7.52. The summed E-state index contributed by atoms with van der Waals surface area (Å²) in [6, 6.07) is 7.77. The van der Waals surface area contributed by atoms with E-state index in [-0.39, 0.29) is 0 Å². The monoisotopic (exact) mass is 281 g/mol. The predicted octanol–water partition coefficient (Wildman–Crippen LogP) is 2.04. The number of morpholine rings is 1. The van der Waals surface area contributed by atoms with Gasteiger partial charge in [-0.2, -0.15) is 0 Å². The van der Waals surface area contributed by atoms with Gasteiger partial charge in [0.05, 0.1) is 13.2 Å². The molecule has 1 aliphatic rings. The number of carbonyl (C=O) groups is 1. The van der Waals surface area contributed by atoms with Gasteiger partial charge in [-0.25, -0.2) is 4.79 Å². The van der Waals surface area contributed by atoms with Gasteiger partial charge in [0.1, 0.15) is 5.54 Å². The van der Waals surface area contributed by atoms with Crippen LogP contribution in [0.2, 0.25) is 0 Å². The van der Waals surface area contributed by atoms with Crippen molar-refractivity contribution in [3.05, 3.63) is 29.8 Å². The van der Waals surface area contributed by atoms with Crippen LogP contribution < -0.4 is 0 Å². The van der Waals surface area contributed by atoms with E-state index in [0.29, 0.717) is 26.3 Å². The van der Waals surface area contributed by atoms with Crippen LogP contribution in [0.1, 0.15) is 12.5 Å². The summed E-state index contributed by atoms with van der Waals surface area (Å²) in [5, 5.41) is 9.68. The van der Waals surface area contributed by atoms with Gasteiger partial charge >= 0.3 is 5.97 Å². The van der Waals surface area contributed by atoms with Gasteiger partial charge in [-0.3, -0.25) is 4.90 Å². The van der Waals surface area contributed by atoms with E-state index in [9.17, 15) is 9.90 Å². The van der Waals surface area contributed by atoms with Crippen LogP contribution in [0.15, 0.2) is 29.2 Å². The Morgan fingerprint density at radius 2 is 1.89 bits per heavy atom. The largest absolute Gasteiger partial charge is 0.480 e. The number of nitrogens with zero attached hydrogens (tertiary/aromatic N) is 1. The number of rotatable bonds is 4. The van der Waals surface area contributed by atoms with Gasteiger partial charge in [0.2, 0.25) is 0 Å². The highest BCUT2D eigenvalue weighted by Crippen LogP contribution is 2.30. The fraction of sp³-hybridized carbons (Fsp3) is 0.500. The molecule has 1 aromatic carbocycles. The number of aliphatic carboxylic acids is 1. The van der Waals surface area contributed by atoms with Crippen LogP contribution in [0, 0.1) is 0 Å². The van der Waals surface area contributed by atoms with Gasteiger partial charge in [-0.1, -0.05) is 12.1 Å². The maximum atomic E-state index is 11.8. The Hall–Kier alpha value is -1.04. The molecule has 1 fully saturated rings. The minimum Gasteiger partial charge on any atom is -0.480 e. The predicted molar refractivity (Wildman–Crippen MR) is 75.6 cm³/mol. The Labute approximate surface area is 117 Å². The molecular formula is C14H19NO3S. The van der Waals surface area contributed by atoms with Crippen molar-refractivity contribution in [3.8, 4) is 0 Å². The molecule has 0 saturated carbocycles. The first kappa shape index (κ1) is 14.4. The molecule has 1 heterocycles. The second-order valence-corrected chi connectivity index (χ2v) is 5.58. The molecule has 104 valence electrons. The van der Waals surface area contributed by atoms with Crippen LogP contribution in [0.3, 0.4) is 0 Å². The van der Waals surface area contributed by atoms with E-state index in [2.05, 4.69) is 0 Å². The number of hydrogen-bond donors (Lipinski definition) is 1. The van der Waals surface area contributed by atoms with Crippen LogP contribution in [0.25, 0.3) is 0 Å². The zero-order valence-corrected chi connectivity index (χ0v) is 12.1. The highest BCUT2D eigenvalue weighted by molar-refractivity contribution is 7.98. The van der Waals surface area contributed by atoms with Crippen LogP contribution in [0.5, 0.6) is 0 Å². The van der Waals surface area contributed by atoms with Crippen molar-refractivity contribution in [1.29, 1.82) is 0 Å². The van der Waals surface area contributed by atoms with E-state index in [1.165, 1.54) is 0 Å². The highest BCUT2D eigenvalue weighted by atomic mass is 32.2. The molecule has 0 aliphatic carbocycles. The molecule has 1 atom stereocenters. The van der Waals surface area contributed by atoms with Crippen molar-refractivity contribution in [2.75, 3.05) is 32.6 Å². The number of carboxylic acids is 1. The van der Waals surface area contributed by atoms with E-state index >= 15 is 0 Å². The van der Waals surface area contributed by atoms with Crippen LogP contribution in [0.4, 0.5) is 0 Å². The maximum absolute atomic E-state index is 11.8. The van der Waals surface area contributed by atoms with E-state index < -0.39 is 11.5 Å². The molecule has 4 nitrogen and oxygen atoms in total. The number of carboxylic acid groups (broad SMARTS) is 1. The molecule has 1 N–H and O–H groups in total. The van der Waals surface area contributed by atoms with Gasteiger partial charge in [0.25, 0.3) is 0 Å². The third-order valence-corrected chi connectivity index (χ3v) is 4.46. The van der Waals surface area contributed by atoms with Crippen molar-refractivity contribution in [2.45, 2.75) is 17.4 Å². The fourth-order valence-corrected chi connectivity index (χ4v) is 2.78. The lowest BCUT2D eigenvalue weighted by molar-refractivity contribution is -0.154. The quantitative estimate of drug-likeness (QED) is 0.856. The molecule has 1 aromatic rings. The molecule has 0 radical (unpaired) electrons. The standard InChI is InChI=1S/C14H19NO3S/c1-14(13(16)17,15-7-9-18-10-8-15)11-3-5-12(19-2)6-4-11/h3-6H,7-10H2,1-2H3,(H,16,17). The number of thioether (sulfide) groups is 1. The lowest BCUT2D eigenvalue weighted by Crippen LogP contribution is -2.54. The zero-order chi connectivity index (χ0) is 13.9. The summed E-state index contributed by atoms with van der Waals surface area (Å²) in [5.74, 6) is -0.814. The smallest absolute Gasteiger partial charge is 0.328 e. The second-order valence-electron chi connectivity index (χ2n) is 4.71. The summed E-state index contributed by atoms with van der Waals surface area (Å²) in [6.07, 6.45) is 2.01. The van der Waals surface area contributed by atoms with Gasteiger partial charge < -0.3 is 9.84 Å². The van der Waals surface area contributed by atoms with Crippen LogP contribution >= 0.6 is 11.8 Å². The Balaban J connectivity index is 2.33. The van der Waals surface area contributed by atoms with Gasteiger partial charge in [0, 0.05) is 18.0 Å². The van der Waals surface area contributed by atoms with Crippen molar-refractivity contribution < 1.29 is 14.6 Å². The summed E-state index contributed by atoms with van der Waals surface area (Å²) in [5.41, 5.74) is -0.166. The molecule has 5 heteroatoms. The van der Waals surface area contributed by atoms with Gasteiger partial charge in [0.15, 0.2) is 0 Å². The molecule has 0 aromatic heterocycles. The minimum absolute atomic E-state index is 0.589. The Bertz CT molecular complexity index is 443. The lowest BCUT2D eigenvalue weighted by atomic mass is 9.89. The summed E-state index contributed by atoms with van der Waals surface area (Å²) in [6.45, 7) is 4.24. The SMILES string of the molecule is CSc1ccc(C(C)(C(=O)O)N2CCOCC2)cc1. The molecule has 0 bridgehead atoms. The molecule has 1 unspecified atom stereocenters. The van der Waals surface area contributed by atoms with Gasteiger partial charge in [-0.15, -0.1) is 11.8 Å². The molecule has 19 heavy (non-hydrogen) atoms. The molecule has 2 rings (SSSR count). The Morgan fingerprint density at radius 1 is 1.32 bits per heavy atom. The molecule has 0 spiro atoms. The summed E-state index contributed by atoms with van der Waals surface area (Å²) >= 11 is 1.65. The number of ether oxygens (including phenoxy) is 1. The molecule has 1 saturated heterocycles. The second kappa shape index (κ2) is 5.94. The highest BCUT2D eigenvalue weighted by Gasteiger charge is 2.41. The van der Waals surface area contributed by atoms with E-state index in [0.717, 1.165) is 10.5 Å². The fourth-order valence-electron chi connectivity index (χ4n) is 2.37. The van der Waals surface area contributed by atoms with E-state index in [4.69, 9.17) is 4.74 Å². The average molecular weight is 281 g/mol. The van der Waals surface area contributed by atoms with Crippen molar-refractivity contribution >= 4 is 17.7 Å². The van der Waals surface area contributed by atoms with Crippen LogP contribution in [-0.4, -0.2) is 48.5 Å². The lowest BCUT2D eigenvalue weighted by Gasteiger charge is -2.40. The topological polar surface area (TPSA) is 49.8 Å². The summed E-state index contributed by atoms with van der Waals surface area (Å²) in [4.78, 5) is 14.9. The number of hydrogen-bond acceptors (Lipinski definition) is 4.